The third-order valence-electron chi connectivity index (χ3n) is 5.74. The minimum absolute atomic E-state index is 0.0130. The molecule has 0 unspecified atom stereocenters. The Balaban J connectivity index is 1.57. The Bertz CT molecular complexity index is 770. The van der Waals surface area contributed by atoms with E-state index in [1.54, 1.807) is 7.11 Å². The number of aliphatic imine (C=N–C) groups is 1. The molecule has 2 bridgehead atoms. The molecule has 0 spiro atoms. The molecule has 0 aromatic heterocycles. The third-order valence-corrected chi connectivity index (χ3v) is 5.74. The number of nitrogens with zero attached hydrogens (tertiary/aromatic N) is 2. The molecule has 116 valence electrons. The highest BCUT2D eigenvalue weighted by Gasteiger charge is 2.66. The number of hydrogen-bond acceptors (Lipinski definition) is 4. The van der Waals surface area contributed by atoms with Gasteiger partial charge in [0.25, 0.3) is 0 Å². The largest absolute Gasteiger partial charge is 0.484 e. The van der Waals surface area contributed by atoms with Crippen molar-refractivity contribution < 1.29 is 14.3 Å². The average molecular weight is 308 g/mol. The fraction of sp³-hybridized carbons (Fsp3) is 0.389. The molecule has 0 N–H and O–H groups in total. The molecule has 6 rings (SSSR count). The van der Waals surface area contributed by atoms with Gasteiger partial charge in [0.2, 0.25) is 11.8 Å². The molecule has 2 fully saturated rings. The van der Waals surface area contributed by atoms with Crippen molar-refractivity contribution in [1.29, 1.82) is 0 Å². The first-order valence-corrected chi connectivity index (χ1v) is 7.95. The number of rotatable bonds is 1. The number of para-hydroxylation sites is 1. The lowest BCUT2D eigenvalue weighted by molar-refractivity contribution is -0.126. The number of carbonyl (C=O) groups is 2. The summed E-state index contributed by atoms with van der Waals surface area (Å²) >= 11 is 0. The van der Waals surface area contributed by atoms with Crippen LogP contribution in [0.4, 0.5) is 5.69 Å². The summed E-state index contributed by atoms with van der Waals surface area (Å²) in [7, 11) is 1.62. The van der Waals surface area contributed by atoms with Crippen molar-refractivity contribution in [3.05, 3.63) is 42.5 Å². The summed E-state index contributed by atoms with van der Waals surface area (Å²) in [5, 5.41) is 0. The summed E-state index contributed by atoms with van der Waals surface area (Å²) in [4.78, 5) is 31.9. The monoisotopic (exact) mass is 308 g/mol. The van der Waals surface area contributed by atoms with Gasteiger partial charge in [-0.15, -0.1) is 0 Å². The number of allylic oxidation sites excluding steroid dienone is 1. The Labute approximate surface area is 133 Å². The van der Waals surface area contributed by atoms with Crippen molar-refractivity contribution in [2.75, 3.05) is 12.0 Å². The third kappa shape index (κ3) is 1.45. The molecule has 5 nitrogen and oxygen atoms in total. The zero-order valence-electron chi connectivity index (χ0n) is 12.6. The van der Waals surface area contributed by atoms with Gasteiger partial charge >= 0.3 is 0 Å². The average Bonchev–Trinajstić information content (AvgIpc) is 2.82. The van der Waals surface area contributed by atoms with Gasteiger partial charge in [0.15, 0.2) is 5.90 Å². The van der Waals surface area contributed by atoms with Crippen molar-refractivity contribution in [3.8, 4) is 0 Å². The minimum atomic E-state index is -0.278. The summed E-state index contributed by atoms with van der Waals surface area (Å²) in [6, 6.07) is 9.29. The molecule has 1 aromatic carbocycles. The number of anilines is 1. The molecule has 0 radical (unpaired) electrons. The van der Waals surface area contributed by atoms with Crippen LogP contribution in [0.15, 0.2) is 47.5 Å². The number of ether oxygens (including phenoxy) is 1. The van der Waals surface area contributed by atoms with Crippen LogP contribution in [-0.2, 0) is 14.3 Å². The Hall–Kier alpha value is -2.43. The van der Waals surface area contributed by atoms with Crippen molar-refractivity contribution in [1.82, 2.24) is 0 Å². The van der Waals surface area contributed by atoms with Gasteiger partial charge < -0.3 is 4.74 Å². The molecule has 2 amide bonds. The maximum Gasteiger partial charge on any atom is 0.238 e. The lowest BCUT2D eigenvalue weighted by Crippen LogP contribution is -2.59. The van der Waals surface area contributed by atoms with Crippen LogP contribution in [0.5, 0.6) is 0 Å². The summed E-state index contributed by atoms with van der Waals surface area (Å²) < 4.78 is 5.34. The highest BCUT2D eigenvalue weighted by atomic mass is 16.5. The van der Waals surface area contributed by atoms with E-state index in [9.17, 15) is 9.59 Å². The fourth-order valence-electron chi connectivity index (χ4n) is 4.80. The molecular weight excluding hydrogens is 292 g/mol. The van der Waals surface area contributed by atoms with Gasteiger partial charge in [0.1, 0.15) is 0 Å². The highest BCUT2D eigenvalue weighted by molar-refractivity contribution is 6.23. The number of amides is 2. The normalized spacial score (nSPS) is 39.7. The van der Waals surface area contributed by atoms with Gasteiger partial charge in [0.05, 0.1) is 36.6 Å². The second-order valence-corrected chi connectivity index (χ2v) is 6.63. The predicted molar refractivity (Wildman–Crippen MR) is 83.8 cm³/mol. The molecule has 3 aliphatic carbocycles. The maximum absolute atomic E-state index is 13.0. The van der Waals surface area contributed by atoms with Crippen LogP contribution in [0.3, 0.4) is 0 Å². The molecule has 5 aliphatic rings. The number of hydrogen-bond donors (Lipinski definition) is 0. The van der Waals surface area contributed by atoms with Gasteiger partial charge in [-0.25, -0.2) is 0 Å². The van der Waals surface area contributed by atoms with Gasteiger partial charge in [-0.2, -0.15) is 0 Å². The second-order valence-electron chi connectivity index (χ2n) is 6.63. The smallest absolute Gasteiger partial charge is 0.238 e. The standard InChI is InChI=1S/C18H16N2O3/c1-23-16-14-10-7-8-11(15(14)19-16)13-12(10)17(21)20(18(13)22)9-5-3-2-4-6-9/h2-8,10-15H,1H3/t10-,11+,12+,13+,14+,15-/m1/s1. The van der Waals surface area contributed by atoms with Gasteiger partial charge in [-0.3, -0.25) is 19.5 Å². The van der Waals surface area contributed by atoms with Gasteiger partial charge in [-0.1, -0.05) is 30.4 Å². The van der Waals surface area contributed by atoms with Crippen LogP contribution in [0.1, 0.15) is 0 Å². The number of imide groups is 1. The molecule has 1 saturated heterocycles. The molecule has 2 aliphatic heterocycles. The van der Waals surface area contributed by atoms with Crippen LogP contribution in [0.25, 0.3) is 0 Å². The molecule has 2 heterocycles. The van der Waals surface area contributed by atoms with Crippen LogP contribution in [0, 0.1) is 29.6 Å². The Kier molecular flexibility index (Phi) is 2.45. The van der Waals surface area contributed by atoms with Gasteiger partial charge in [-0.05, 0) is 12.1 Å². The molecular formula is C18H16N2O3. The van der Waals surface area contributed by atoms with Crippen molar-refractivity contribution in [2.24, 2.45) is 34.6 Å². The van der Waals surface area contributed by atoms with Crippen LogP contribution in [-0.4, -0.2) is 30.9 Å². The summed E-state index contributed by atoms with van der Waals surface area (Å²) in [6.45, 7) is 0. The molecule has 23 heavy (non-hydrogen) atoms. The molecule has 1 saturated carbocycles. The van der Waals surface area contributed by atoms with Crippen LogP contribution < -0.4 is 4.90 Å². The molecule has 6 atom stereocenters. The minimum Gasteiger partial charge on any atom is -0.484 e. The quantitative estimate of drug-likeness (QED) is 0.585. The van der Waals surface area contributed by atoms with E-state index < -0.39 is 0 Å². The lowest BCUT2D eigenvalue weighted by Gasteiger charge is -2.52. The number of carbonyl (C=O) groups excluding carboxylic acids is 2. The van der Waals surface area contributed by atoms with Crippen molar-refractivity contribution in [2.45, 2.75) is 6.04 Å². The molecule has 5 heteroatoms. The number of benzene rings is 1. The lowest BCUT2D eigenvalue weighted by atomic mass is 9.54. The first-order chi connectivity index (χ1) is 11.2. The van der Waals surface area contributed by atoms with Gasteiger partial charge in [0, 0.05) is 11.8 Å². The summed E-state index contributed by atoms with van der Waals surface area (Å²) in [5.41, 5.74) is 0.663. The highest BCUT2D eigenvalue weighted by Crippen LogP contribution is 2.56. The zero-order valence-corrected chi connectivity index (χ0v) is 12.6. The summed E-state index contributed by atoms with van der Waals surface area (Å²) in [5.74, 6) is 0.207. The van der Waals surface area contributed by atoms with Crippen LogP contribution in [0.2, 0.25) is 0 Å². The van der Waals surface area contributed by atoms with E-state index in [1.165, 1.54) is 4.90 Å². The fourth-order valence-corrected chi connectivity index (χ4v) is 4.80. The predicted octanol–water partition coefficient (Wildman–Crippen LogP) is 1.65. The first-order valence-electron chi connectivity index (χ1n) is 7.95. The van der Waals surface area contributed by atoms with Crippen LogP contribution >= 0.6 is 0 Å². The first kappa shape index (κ1) is 13.0. The SMILES string of the molecule is COC1=N[C@@H]2[C@H]3C=C[C@@H]([C@H]12)[C@@H]1C(=O)N(c2ccccc2)C(=O)[C@@H]31. The summed E-state index contributed by atoms with van der Waals surface area (Å²) in [6.07, 6.45) is 4.18. The van der Waals surface area contributed by atoms with E-state index in [2.05, 4.69) is 17.1 Å². The van der Waals surface area contributed by atoms with E-state index in [1.807, 2.05) is 30.3 Å². The Morgan fingerprint density at radius 2 is 1.61 bits per heavy atom. The van der Waals surface area contributed by atoms with E-state index in [0.29, 0.717) is 5.69 Å². The zero-order chi connectivity index (χ0) is 15.7. The Morgan fingerprint density at radius 1 is 0.957 bits per heavy atom. The maximum atomic E-state index is 13.0. The van der Waals surface area contributed by atoms with Crippen molar-refractivity contribution >= 4 is 23.4 Å². The van der Waals surface area contributed by atoms with Crippen molar-refractivity contribution in [3.63, 3.8) is 0 Å². The van der Waals surface area contributed by atoms with E-state index in [-0.39, 0.29) is 47.4 Å². The molecule has 1 aromatic rings. The topological polar surface area (TPSA) is 59.0 Å². The van der Waals surface area contributed by atoms with E-state index in [0.717, 1.165) is 5.90 Å². The van der Waals surface area contributed by atoms with E-state index in [4.69, 9.17) is 4.74 Å². The number of methoxy groups -OCH3 is 1. The second kappa shape index (κ2) is 4.31. The van der Waals surface area contributed by atoms with E-state index >= 15 is 0 Å². The Morgan fingerprint density at radius 3 is 2.30 bits per heavy atom.